The molecule has 0 aliphatic heterocycles. The molecular weight excluding hydrogens is 230 g/mol. The van der Waals surface area contributed by atoms with Gasteiger partial charge in [0.2, 0.25) is 0 Å². The summed E-state index contributed by atoms with van der Waals surface area (Å²) in [6.07, 6.45) is 5.43. The Morgan fingerprint density at radius 1 is 1.38 bits per heavy atom. The Hall–Kier alpha value is -1.16. The van der Waals surface area contributed by atoms with Crippen LogP contribution in [-0.2, 0) is 0 Å². The molecule has 0 aromatic carbocycles. The summed E-state index contributed by atoms with van der Waals surface area (Å²) in [5.41, 5.74) is 1.95. The lowest BCUT2D eigenvalue weighted by molar-refractivity contribution is 0.852. The Morgan fingerprint density at radius 3 is 2.85 bits per heavy atom. The second-order valence-corrected chi connectivity index (χ2v) is 3.58. The first-order valence-corrected chi connectivity index (χ1v) is 4.69. The molecule has 0 fully saturated rings. The molecule has 0 amide bonds. The predicted octanol–water partition coefficient (Wildman–Crippen LogP) is 2.34. The topological polar surface area (TPSA) is 30.7 Å². The van der Waals surface area contributed by atoms with Gasteiger partial charge in [-0.15, -0.1) is 0 Å². The minimum atomic E-state index is 0.954. The summed E-state index contributed by atoms with van der Waals surface area (Å²) in [6.45, 7) is 1.96. The first-order chi connectivity index (χ1) is 6.27. The van der Waals surface area contributed by atoms with E-state index >= 15 is 0 Å². The molecule has 0 spiro atoms. The van der Waals surface area contributed by atoms with Gasteiger partial charge in [-0.1, -0.05) is 0 Å². The summed E-state index contributed by atoms with van der Waals surface area (Å²) in [4.78, 5) is 4.04. The van der Waals surface area contributed by atoms with E-state index in [1.54, 1.807) is 17.1 Å². The standard InChI is InChI=1S/C9H8BrN3/c1-7-3-5-13(12-7)9-6-11-4-2-8(9)10/h2-6H,1H3. The van der Waals surface area contributed by atoms with Crippen LogP contribution in [0.15, 0.2) is 35.2 Å². The van der Waals surface area contributed by atoms with Gasteiger partial charge in [-0.25, -0.2) is 4.68 Å². The number of aromatic nitrogens is 3. The number of aryl methyl sites for hydroxylation is 1. The number of nitrogens with zero attached hydrogens (tertiary/aromatic N) is 3. The molecule has 0 bridgehead atoms. The Morgan fingerprint density at radius 2 is 2.23 bits per heavy atom. The van der Waals surface area contributed by atoms with E-state index < -0.39 is 0 Å². The van der Waals surface area contributed by atoms with Crippen molar-refractivity contribution in [1.82, 2.24) is 14.8 Å². The van der Waals surface area contributed by atoms with Gasteiger partial charge in [0, 0.05) is 16.9 Å². The van der Waals surface area contributed by atoms with Crippen molar-refractivity contribution in [3.05, 3.63) is 40.9 Å². The molecular formula is C9H8BrN3. The fraction of sp³-hybridized carbons (Fsp3) is 0.111. The van der Waals surface area contributed by atoms with E-state index in [4.69, 9.17) is 0 Å². The van der Waals surface area contributed by atoms with E-state index in [2.05, 4.69) is 26.0 Å². The predicted molar refractivity (Wildman–Crippen MR) is 53.8 cm³/mol. The van der Waals surface area contributed by atoms with E-state index in [9.17, 15) is 0 Å². The van der Waals surface area contributed by atoms with Crippen molar-refractivity contribution < 1.29 is 0 Å². The first kappa shape index (κ1) is 8.44. The maximum absolute atomic E-state index is 4.29. The van der Waals surface area contributed by atoms with Gasteiger partial charge >= 0.3 is 0 Å². The van der Waals surface area contributed by atoms with Crippen LogP contribution in [0.3, 0.4) is 0 Å². The number of halogens is 1. The number of pyridine rings is 1. The van der Waals surface area contributed by atoms with Gasteiger partial charge in [0.15, 0.2) is 0 Å². The average Bonchev–Trinajstić information content (AvgIpc) is 2.53. The number of hydrogen-bond donors (Lipinski definition) is 0. The highest BCUT2D eigenvalue weighted by atomic mass is 79.9. The molecule has 3 nitrogen and oxygen atoms in total. The number of rotatable bonds is 1. The maximum Gasteiger partial charge on any atom is 0.0970 e. The highest BCUT2D eigenvalue weighted by Gasteiger charge is 2.01. The third-order valence-corrected chi connectivity index (χ3v) is 2.39. The smallest absolute Gasteiger partial charge is 0.0970 e. The van der Waals surface area contributed by atoms with Crippen LogP contribution in [-0.4, -0.2) is 14.8 Å². The zero-order valence-corrected chi connectivity index (χ0v) is 8.69. The summed E-state index contributed by atoms with van der Waals surface area (Å²) in [6, 6.07) is 3.85. The molecule has 2 aromatic heterocycles. The highest BCUT2D eigenvalue weighted by molar-refractivity contribution is 9.10. The average molecular weight is 238 g/mol. The maximum atomic E-state index is 4.29. The largest absolute Gasteiger partial charge is 0.262 e. The van der Waals surface area contributed by atoms with Gasteiger partial charge in [0.1, 0.15) is 0 Å². The molecule has 13 heavy (non-hydrogen) atoms. The van der Waals surface area contributed by atoms with Crippen molar-refractivity contribution in [2.75, 3.05) is 0 Å². The molecule has 0 aliphatic rings. The first-order valence-electron chi connectivity index (χ1n) is 3.89. The SMILES string of the molecule is Cc1ccn(-c2cnccc2Br)n1. The quantitative estimate of drug-likeness (QED) is 0.763. The van der Waals surface area contributed by atoms with Crippen molar-refractivity contribution in [1.29, 1.82) is 0 Å². The molecule has 4 heteroatoms. The van der Waals surface area contributed by atoms with E-state index in [1.165, 1.54) is 0 Å². The van der Waals surface area contributed by atoms with Gasteiger partial charge in [-0.05, 0) is 35.0 Å². The van der Waals surface area contributed by atoms with Gasteiger partial charge in [-0.2, -0.15) is 5.10 Å². The molecule has 66 valence electrons. The normalized spacial score (nSPS) is 10.3. The fourth-order valence-corrected chi connectivity index (χ4v) is 1.49. The molecule has 2 aromatic rings. The molecule has 2 heterocycles. The van der Waals surface area contributed by atoms with Crippen molar-refractivity contribution in [3.8, 4) is 5.69 Å². The third-order valence-electron chi connectivity index (χ3n) is 1.72. The molecule has 0 N–H and O–H groups in total. The molecule has 2 rings (SSSR count). The molecule has 0 aliphatic carbocycles. The second kappa shape index (κ2) is 3.30. The fourth-order valence-electron chi connectivity index (χ4n) is 1.09. The summed E-state index contributed by atoms with van der Waals surface area (Å²) >= 11 is 3.44. The summed E-state index contributed by atoms with van der Waals surface area (Å²) < 4.78 is 2.79. The molecule has 0 atom stereocenters. The van der Waals surface area contributed by atoms with Crippen molar-refractivity contribution in [3.63, 3.8) is 0 Å². The molecule has 0 unspecified atom stereocenters. The van der Waals surface area contributed by atoms with Crippen molar-refractivity contribution in [2.24, 2.45) is 0 Å². The monoisotopic (exact) mass is 237 g/mol. The van der Waals surface area contributed by atoms with E-state index in [1.807, 2.05) is 25.3 Å². The minimum Gasteiger partial charge on any atom is -0.262 e. The van der Waals surface area contributed by atoms with Crippen LogP contribution < -0.4 is 0 Å². The zero-order chi connectivity index (χ0) is 9.26. The van der Waals surface area contributed by atoms with Crippen LogP contribution in [0, 0.1) is 6.92 Å². The van der Waals surface area contributed by atoms with Crippen LogP contribution in [0.5, 0.6) is 0 Å². The lowest BCUT2D eigenvalue weighted by atomic mass is 10.4. The third kappa shape index (κ3) is 1.62. The van der Waals surface area contributed by atoms with Gasteiger partial charge in [-0.3, -0.25) is 4.98 Å². The number of hydrogen-bond acceptors (Lipinski definition) is 2. The van der Waals surface area contributed by atoms with E-state index in [0.29, 0.717) is 0 Å². The van der Waals surface area contributed by atoms with Crippen molar-refractivity contribution >= 4 is 15.9 Å². The van der Waals surface area contributed by atoms with Crippen LogP contribution in [0.1, 0.15) is 5.69 Å². The van der Waals surface area contributed by atoms with Crippen LogP contribution in [0.4, 0.5) is 0 Å². The molecule has 0 saturated carbocycles. The van der Waals surface area contributed by atoms with Gasteiger partial charge in [0.05, 0.1) is 17.6 Å². The van der Waals surface area contributed by atoms with E-state index in [-0.39, 0.29) is 0 Å². The van der Waals surface area contributed by atoms with E-state index in [0.717, 1.165) is 15.9 Å². The lowest BCUT2D eigenvalue weighted by Crippen LogP contribution is -1.96. The van der Waals surface area contributed by atoms with Crippen LogP contribution in [0.2, 0.25) is 0 Å². The van der Waals surface area contributed by atoms with Gasteiger partial charge in [0.25, 0.3) is 0 Å². The second-order valence-electron chi connectivity index (χ2n) is 2.73. The summed E-state index contributed by atoms with van der Waals surface area (Å²) in [7, 11) is 0. The Kier molecular flexibility index (Phi) is 2.14. The Balaban J connectivity index is 2.52. The lowest BCUT2D eigenvalue weighted by Gasteiger charge is -2.01. The van der Waals surface area contributed by atoms with Crippen LogP contribution >= 0.6 is 15.9 Å². The highest BCUT2D eigenvalue weighted by Crippen LogP contribution is 2.18. The summed E-state index contributed by atoms with van der Waals surface area (Å²) in [5.74, 6) is 0. The molecule has 0 saturated heterocycles. The van der Waals surface area contributed by atoms with Crippen LogP contribution in [0.25, 0.3) is 5.69 Å². The molecule has 0 radical (unpaired) electrons. The summed E-state index contributed by atoms with van der Waals surface area (Å²) in [5, 5.41) is 4.29. The Labute approximate surface area is 84.5 Å². The Bertz CT molecular complexity index is 422. The minimum absolute atomic E-state index is 0.954. The van der Waals surface area contributed by atoms with Gasteiger partial charge < -0.3 is 0 Å². The van der Waals surface area contributed by atoms with Crippen molar-refractivity contribution in [2.45, 2.75) is 6.92 Å². The zero-order valence-electron chi connectivity index (χ0n) is 7.11.